The van der Waals surface area contributed by atoms with Crippen molar-refractivity contribution in [1.29, 1.82) is 0 Å². The molecule has 0 radical (unpaired) electrons. The normalized spacial score (nSPS) is 32.5. The van der Waals surface area contributed by atoms with Gasteiger partial charge in [-0.2, -0.15) is 9.97 Å². The van der Waals surface area contributed by atoms with Crippen molar-refractivity contribution in [2.75, 3.05) is 42.6 Å². The number of ether oxygens (including phenoxy) is 1. The fourth-order valence-corrected chi connectivity index (χ4v) is 10.7. The predicted octanol–water partition coefficient (Wildman–Crippen LogP) is 5.57. The SMILES string of the molecule is Oc1cc(N2CCc3c(nc(OC[C@]45C[C@H](F)CN4[C@H]4CCCC[C@H]4C5)nc3N3CC4CCC(C3)N4)C2)c2c(I)cccc2c1. The van der Waals surface area contributed by atoms with E-state index in [4.69, 9.17) is 14.7 Å². The van der Waals surface area contributed by atoms with Crippen LogP contribution in [0.2, 0.25) is 0 Å². The largest absolute Gasteiger partial charge is 0.508 e. The lowest BCUT2D eigenvalue weighted by atomic mass is 9.81. The van der Waals surface area contributed by atoms with E-state index in [1.165, 1.54) is 47.7 Å². The standard InChI is InChI=1S/C35H42FIN6O2/c36-23-15-35(14-22-4-1-2-7-30(22)43(35)16-23)20-45-34-39-29-19-41(31-13-26(44)12-21-5-3-6-28(37)32(21)31)11-10-27(29)33(40-34)42-17-24-8-9-25(18-42)38-24/h3,5-6,12-13,22-25,30,38,44H,1-2,4,7-11,14-20H2/t22-,23-,24?,25?,30-,35-/m0/s1. The Morgan fingerprint density at radius 1 is 1.02 bits per heavy atom. The predicted molar refractivity (Wildman–Crippen MR) is 182 cm³/mol. The molecule has 5 fully saturated rings. The second-order valence-electron chi connectivity index (χ2n) is 14.6. The number of aromatic nitrogens is 2. The van der Waals surface area contributed by atoms with E-state index >= 15 is 0 Å². The molecule has 2 aromatic carbocycles. The molecular weight excluding hydrogens is 682 g/mol. The number of hydrogen-bond donors (Lipinski definition) is 2. The van der Waals surface area contributed by atoms with Crippen molar-refractivity contribution in [2.24, 2.45) is 5.92 Å². The van der Waals surface area contributed by atoms with E-state index < -0.39 is 6.17 Å². The summed E-state index contributed by atoms with van der Waals surface area (Å²) in [6.07, 6.45) is 9.00. The number of phenols is 1. The first kappa shape index (κ1) is 28.8. The van der Waals surface area contributed by atoms with Crippen LogP contribution in [0.15, 0.2) is 30.3 Å². The van der Waals surface area contributed by atoms with Crippen molar-refractivity contribution in [3.05, 3.63) is 45.2 Å². The number of rotatable bonds is 5. The van der Waals surface area contributed by atoms with Crippen LogP contribution in [-0.4, -0.2) is 82.6 Å². The number of fused-ring (bicyclic) bond motifs is 7. The summed E-state index contributed by atoms with van der Waals surface area (Å²) in [6, 6.07) is 11.9. The zero-order chi connectivity index (χ0) is 30.3. The van der Waals surface area contributed by atoms with Crippen molar-refractivity contribution in [1.82, 2.24) is 20.2 Å². The molecule has 2 unspecified atom stereocenters. The molecule has 8 nitrogen and oxygen atoms in total. The van der Waals surface area contributed by atoms with Crippen LogP contribution in [0.25, 0.3) is 10.8 Å². The molecule has 5 aliphatic heterocycles. The first-order valence-electron chi connectivity index (χ1n) is 17.0. The Hall–Kier alpha value is -2.44. The molecule has 0 spiro atoms. The van der Waals surface area contributed by atoms with Gasteiger partial charge >= 0.3 is 6.01 Å². The van der Waals surface area contributed by atoms with E-state index in [0.717, 1.165) is 60.4 Å². The molecule has 0 amide bonds. The van der Waals surface area contributed by atoms with Gasteiger partial charge in [0.15, 0.2) is 0 Å². The molecule has 45 heavy (non-hydrogen) atoms. The summed E-state index contributed by atoms with van der Waals surface area (Å²) in [5.74, 6) is 1.95. The number of alkyl halides is 1. The molecule has 3 aromatic rings. The third kappa shape index (κ3) is 4.96. The quantitative estimate of drug-likeness (QED) is 0.332. The molecule has 6 heterocycles. The Morgan fingerprint density at radius 2 is 1.87 bits per heavy atom. The average Bonchev–Trinajstić information content (AvgIpc) is 3.65. The summed E-state index contributed by atoms with van der Waals surface area (Å²) < 4.78 is 22.8. The maximum Gasteiger partial charge on any atom is 0.318 e. The van der Waals surface area contributed by atoms with Crippen molar-refractivity contribution < 1.29 is 14.2 Å². The van der Waals surface area contributed by atoms with Crippen LogP contribution in [0.5, 0.6) is 11.8 Å². The molecule has 6 aliphatic rings. The summed E-state index contributed by atoms with van der Waals surface area (Å²) in [6.45, 7) is 4.33. The number of hydrogen-bond acceptors (Lipinski definition) is 8. The molecular formula is C35H42FIN6O2. The highest BCUT2D eigenvalue weighted by molar-refractivity contribution is 14.1. The summed E-state index contributed by atoms with van der Waals surface area (Å²) in [7, 11) is 0. The molecule has 10 heteroatoms. The number of nitrogens with zero attached hydrogens (tertiary/aromatic N) is 5. The van der Waals surface area contributed by atoms with E-state index in [-0.39, 0.29) is 11.3 Å². The molecule has 1 aromatic heterocycles. The Morgan fingerprint density at radius 3 is 2.73 bits per heavy atom. The van der Waals surface area contributed by atoms with Gasteiger partial charge in [-0.3, -0.25) is 4.90 Å². The van der Waals surface area contributed by atoms with Gasteiger partial charge in [0.1, 0.15) is 24.3 Å². The zero-order valence-corrected chi connectivity index (χ0v) is 27.9. The fraction of sp³-hybridized carbons (Fsp3) is 0.600. The number of anilines is 2. The lowest BCUT2D eigenvalue weighted by Gasteiger charge is -2.38. The number of benzene rings is 2. The van der Waals surface area contributed by atoms with E-state index in [2.05, 4.69) is 54.7 Å². The summed E-state index contributed by atoms with van der Waals surface area (Å²) in [4.78, 5) is 17.6. The lowest BCUT2D eigenvalue weighted by Crippen LogP contribution is -2.52. The molecule has 2 bridgehead atoms. The maximum absolute atomic E-state index is 15.0. The summed E-state index contributed by atoms with van der Waals surface area (Å²) in [5, 5.41) is 16.6. The summed E-state index contributed by atoms with van der Waals surface area (Å²) >= 11 is 2.40. The van der Waals surface area contributed by atoms with Crippen molar-refractivity contribution >= 4 is 44.9 Å². The van der Waals surface area contributed by atoms with Crippen LogP contribution in [0.1, 0.15) is 62.6 Å². The fourth-order valence-electron chi connectivity index (χ4n) is 9.90. The molecule has 9 rings (SSSR count). The van der Waals surface area contributed by atoms with Gasteiger partial charge in [-0.15, -0.1) is 0 Å². The van der Waals surface area contributed by atoms with Crippen LogP contribution in [0.4, 0.5) is 15.9 Å². The van der Waals surface area contributed by atoms with Crippen molar-refractivity contribution in [3.8, 4) is 11.8 Å². The van der Waals surface area contributed by atoms with Crippen LogP contribution in [-0.2, 0) is 13.0 Å². The first-order valence-corrected chi connectivity index (χ1v) is 18.1. The Labute approximate surface area is 277 Å². The van der Waals surface area contributed by atoms with Gasteiger partial charge in [-0.25, -0.2) is 4.39 Å². The lowest BCUT2D eigenvalue weighted by molar-refractivity contribution is 0.0772. The number of piperazine rings is 1. The molecule has 2 N–H and O–H groups in total. The second-order valence-corrected chi connectivity index (χ2v) is 15.7. The number of phenolic OH excluding ortho intramolecular Hbond substituents is 1. The number of aromatic hydroxyl groups is 1. The molecule has 4 saturated heterocycles. The topological polar surface area (TPSA) is 77.0 Å². The van der Waals surface area contributed by atoms with Gasteiger partial charge in [0.2, 0.25) is 0 Å². The maximum atomic E-state index is 15.0. The Kier molecular flexibility index (Phi) is 7.08. The number of nitrogens with one attached hydrogen (secondary N) is 1. The highest BCUT2D eigenvalue weighted by Crippen LogP contribution is 2.51. The highest BCUT2D eigenvalue weighted by atomic mass is 127. The number of halogens is 2. The van der Waals surface area contributed by atoms with Crippen molar-refractivity contribution in [2.45, 2.75) is 94.2 Å². The average molecular weight is 725 g/mol. The van der Waals surface area contributed by atoms with Gasteiger partial charge < -0.3 is 25.0 Å². The smallest absolute Gasteiger partial charge is 0.318 e. The van der Waals surface area contributed by atoms with E-state index in [1.54, 1.807) is 0 Å². The molecule has 1 saturated carbocycles. The van der Waals surface area contributed by atoms with E-state index in [9.17, 15) is 9.50 Å². The summed E-state index contributed by atoms with van der Waals surface area (Å²) in [5.41, 5.74) is 3.00. The highest BCUT2D eigenvalue weighted by Gasteiger charge is 2.57. The third-order valence-corrected chi connectivity index (χ3v) is 12.7. The minimum absolute atomic E-state index is 0.254. The first-order chi connectivity index (χ1) is 21.9. The third-order valence-electron chi connectivity index (χ3n) is 11.8. The van der Waals surface area contributed by atoms with Gasteiger partial charge in [-0.05, 0) is 84.6 Å². The second kappa shape index (κ2) is 11.1. The van der Waals surface area contributed by atoms with E-state index in [0.29, 0.717) is 56.2 Å². The molecule has 238 valence electrons. The van der Waals surface area contributed by atoms with Gasteiger partial charge in [-0.1, -0.05) is 25.0 Å². The Balaban J connectivity index is 1.06. The van der Waals surface area contributed by atoms with Crippen LogP contribution in [0, 0.1) is 9.49 Å². The van der Waals surface area contributed by atoms with Gasteiger partial charge in [0.25, 0.3) is 0 Å². The van der Waals surface area contributed by atoms with Gasteiger partial charge in [0.05, 0.1) is 17.8 Å². The molecule has 6 atom stereocenters. The Bertz CT molecular complexity index is 1630. The van der Waals surface area contributed by atoms with Crippen LogP contribution < -0.4 is 19.9 Å². The van der Waals surface area contributed by atoms with Crippen LogP contribution in [0.3, 0.4) is 0 Å². The van der Waals surface area contributed by atoms with E-state index in [1.807, 2.05) is 18.2 Å². The monoisotopic (exact) mass is 724 g/mol. The zero-order valence-electron chi connectivity index (χ0n) is 25.7. The van der Waals surface area contributed by atoms with Crippen LogP contribution >= 0.6 is 22.6 Å². The minimum atomic E-state index is -0.790. The van der Waals surface area contributed by atoms with Gasteiger partial charge in [0, 0.05) is 77.0 Å². The molecule has 1 aliphatic carbocycles. The van der Waals surface area contributed by atoms with Crippen molar-refractivity contribution in [3.63, 3.8) is 0 Å². The minimum Gasteiger partial charge on any atom is -0.508 e.